The van der Waals surface area contributed by atoms with Gasteiger partial charge in [0.05, 0.1) is 25.4 Å². The summed E-state index contributed by atoms with van der Waals surface area (Å²) in [7, 11) is 0. The maximum absolute atomic E-state index is 12.5. The molecular formula is C57H113NO5. The van der Waals surface area contributed by atoms with E-state index in [2.05, 4.69) is 19.2 Å². The first-order chi connectivity index (χ1) is 31.0. The lowest BCUT2D eigenvalue weighted by Gasteiger charge is -2.22. The van der Waals surface area contributed by atoms with E-state index in [0.717, 1.165) is 38.5 Å². The lowest BCUT2D eigenvalue weighted by molar-refractivity contribution is -0.143. The van der Waals surface area contributed by atoms with Crippen LogP contribution in [0.3, 0.4) is 0 Å². The van der Waals surface area contributed by atoms with Crippen molar-refractivity contribution in [3.63, 3.8) is 0 Å². The molecule has 0 saturated carbocycles. The Morgan fingerprint density at radius 2 is 0.651 bits per heavy atom. The van der Waals surface area contributed by atoms with Gasteiger partial charge in [0.15, 0.2) is 0 Å². The Kier molecular flexibility index (Phi) is 52.5. The van der Waals surface area contributed by atoms with Gasteiger partial charge in [0.1, 0.15) is 0 Å². The van der Waals surface area contributed by atoms with Gasteiger partial charge in [-0.3, -0.25) is 9.59 Å². The number of ether oxygens (including phenoxy) is 1. The van der Waals surface area contributed by atoms with Crippen molar-refractivity contribution in [2.75, 3.05) is 13.2 Å². The van der Waals surface area contributed by atoms with Crippen molar-refractivity contribution in [1.82, 2.24) is 5.32 Å². The highest BCUT2D eigenvalue weighted by molar-refractivity contribution is 5.76. The highest BCUT2D eigenvalue weighted by Gasteiger charge is 2.20. The lowest BCUT2D eigenvalue weighted by Crippen LogP contribution is -2.45. The molecule has 1 amide bonds. The monoisotopic (exact) mass is 892 g/mol. The maximum atomic E-state index is 12.5. The Morgan fingerprint density at radius 3 is 0.968 bits per heavy atom. The Hall–Kier alpha value is -1.14. The van der Waals surface area contributed by atoms with Crippen LogP contribution >= 0.6 is 0 Å². The zero-order valence-corrected chi connectivity index (χ0v) is 42.8. The Labute approximate surface area is 394 Å². The molecule has 6 heteroatoms. The zero-order valence-electron chi connectivity index (χ0n) is 42.8. The van der Waals surface area contributed by atoms with Crippen LogP contribution in [-0.2, 0) is 14.3 Å². The summed E-state index contributed by atoms with van der Waals surface area (Å²) in [6.07, 6.45) is 60.9. The van der Waals surface area contributed by atoms with Crippen molar-refractivity contribution in [2.45, 2.75) is 341 Å². The van der Waals surface area contributed by atoms with Gasteiger partial charge in [-0.25, -0.2) is 0 Å². The predicted octanol–water partition coefficient (Wildman–Crippen LogP) is 17.5. The summed E-state index contributed by atoms with van der Waals surface area (Å²) >= 11 is 0. The summed E-state index contributed by atoms with van der Waals surface area (Å²) in [6, 6.07) is -0.544. The fourth-order valence-corrected chi connectivity index (χ4v) is 9.23. The molecule has 0 rings (SSSR count). The van der Waals surface area contributed by atoms with Crippen molar-refractivity contribution in [3.8, 4) is 0 Å². The summed E-state index contributed by atoms with van der Waals surface area (Å²) in [6.45, 7) is 4.96. The van der Waals surface area contributed by atoms with Crippen LogP contribution < -0.4 is 5.32 Å². The topological polar surface area (TPSA) is 95.9 Å². The lowest BCUT2D eigenvalue weighted by atomic mass is 10.0. The molecule has 63 heavy (non-hydrogen) atoms. The first-order valence-electron chi connectivity index (χ1n) is 28.8. The second-order valence-electron chi connectivity index (χ2n) is 20.0. The van der Waals surface area contributed by atoms with Crippen molar-refractivity contribution < 1.29 is 24.5 Å². The summed E-state index contributed by atoms with van der Waals surface area (Å²) in [4.78, 5) is 24.5. The van der Waals surface area contributed by atoms with Gasteiger partial charge in [-0.2, -0.15) is 0 Å². The molecule has 6 nitrogen and oxygen atoms in total. The SMILES string of the molecule is CCCCCCCCCCCCCCCCCCC(=O)OCCCCCCCCCCCCCCCCCCC(=O)NC(CO)C(O)CCCCCCCCCCCCCCCC. The third-order valence-electron chi connectivity index (χ3n) is 13.7. The largest absolute Gasteiger partial charge is 0.466 e. The van der Waals surface area contributed by atoms with Gasteiger partial charge < -0.3 is 20.3 Å². The van der Waals surface area contributed by atoms with Crippen LogP contribution in [0.25, 0.3) is 0 Å². The predicted molar refractivity (Wildman–Crippen MR) is 274 cm³/mol. The van der Waals surface area contributed by atoms with Crippen molar-refractivity contribution in [3.05, 3.63) is 0 Å². The molecule has 0 aromatic heterocycles. The summed E-state index contributed by atoms with van der Waals surface area (Å²) in [5.74, 6) is -0.0318. The molecule has 2 atom stereocenters. The minimum absolute atomic E-state index is 0.00752. The number of aliphatic hydroxyl groups excluding tert-OH is 2. The van der Waals surface area contributed by atoms with Gasteiger partial charge in [-0.05, 0) is 25.7 Å². The molecule has 0 fully saturated rings. The molecule has 3 N–H and O–H groups in total. The summed E-state index contributed by atoms with van der Waals surface area (Å²) in [5, 5.41) is 23.2. The Bertz CT molecular complexity index is 898. The van der Waals surface area contributed by atoms with Crippen LogP contribution in [0.1, 0.15) is 328 Å². The molecule has 0 spiro atoms. The van der Waals surface area contributed by atoms with E-state index in [4.69, 9.17) is 4.74 Å². The van der Waals surface area contributed by atoms with Gasteiger partial charge in [0, 0.05) is 12.8 Å². The van der Waals surface area contributed by atoms with Gasteiger partial charge in [0.2, 0.25) is 5.91 Å². The quantitative estimate of drug-likeness (QED) is 0.0418. The minimum Gasteiger partial charge on any atom is -0.466 e. The van der Waals surface area contributed by atoms with Crippen LogP contribution in [0.5, 0.6) is 0 Å². The van der Waals surface area contributed by atoms with Crippen LogP contribution in [0.15, 0.2) is 0 Å². The average molecular weight is 893 g/mol. The van der Waals surface area contributed by atoms with E-state index in [1.807, 2.05) is 0 Å². The second-order valence-corrected chi connectivity index (χ2v) is 20.0. The molecular weight excluding hydrogens is 779 g/mol. The molecule has 376 valence electrons. The van der Waals surface area contributed by atoms with Gasteiger partial charge >= 0.3 is 5.97 Å². The normalized spacial score (nSPS) is 12.5. The highest BCUT2D eigenvalue weighted by atomic mass is 16.5. The number of carbonyl (C=O) groups excluding carboxylic acids is 2. The van der Waals surface area contributed by atoms with E-state index in [1.165, 1.54) is 257 Å². The Morgan fingerprint density at radius 1 is 0.381 bits per heavy atom. The molecule has 0 aromatic rings. The number of nitrogens with one attached hydrogen (secondary N) is 1. The molecule has 0 aliphatic heterocycles. The van der Waals surface area contributed by atoms with Crippen molar-refractivity contribution >= 4 is 11.9 Å². The third-order valence-corrected chi connectivity index (χ3v) is 13.7. The van der Waals surface area contributed by atoms with Gasteiger partial charge in [-0.1, -0.05) is 290 Å². The number of esters is 1. The van der Waals surface area contributed by atoms with Gasteiger partial charge in [-0.15, -0.1) is 0 Å². The van der Waals surface area contributed by atoms with E-state index in [9.17, 15) is 19.8 Å². The first kappa shape index (κ1) is 61.9. The fourth-order valence-electron chi connectivity index (χ4n) is 9.23. The fraction of sp³-hybridized carbons (Fsp3) is 0.965. The molecule has 0 radical (unpaired) electrons. The number of unbranched alkanes of at least 4 members (excludes halogenated alkanes) is 43. The van der Waals surface area contributed by atoms with Crippen LogP contribution in [0.4, 0.5) is 0 Å². The number of amides is 1. The smallest absolute Gasteiger partial charge is 0.305 e. The van der Waals surface area contributed by atoms with Crippen molar-refractivity contribution in [2.24, 2.45) is 0 Å². The van der Waals surface area contributed by atoms with Gasteiger partial charge in [0.25, 0.3) is 0 Å². The molecule has 0 heterocycles. The first-order valence-corrected chi connectivity index (χ1v) is 28.8. The summed E-state index contributed by atoms with van der Waals surface area (Å²) in [5.41, 5.74) is 0. The third kappa shape index (κ3) is 50.1. The number of hydrogen-bond acceptors (Lipinski definition) is 5. The number of carbonyl (C=O) groups is 2. The highest BCUT2D eigenvalue weighted by Crippen LogP contribution is 2.18. The number of aliphatic hydroxyl groups is 2. The van der Waals surface area contributed by atoms with E-state index in [-0.39, 0.29) is 18.5 Å². The molecule has 0 aliphatic carbocycles. The minimum atomic E-state index is -0.667. The molecule has 0 aromatic carbocycles. The molecule has 0 saturated heterocycles. The van der Waals surface area contributed by atoms with E-state index >= 15 is 0 Å². The number of rotatable bonds is 54. The van der Waals surface area contributed by atoms with Crippen LogP contribution in [0.2, 0.25) is 0 Å². The second kappa shape index (κ2) is 53.5. The zero-order chi connectivity index (χ0) is 45.8. The Balaban J connectivity index is 3.39. The maximum Gasteiger partial charge on any atom is 0.305 e. The van der Waals surface area contributed by atoms with Crippen LogP contribution in [0, 0.1) is 0 Å². The molecule has 0 bridgehead atoms. The molecule has 0 aliphatic rings. The van der Waals surface area contributed by atoms with Crippen molar-refractivity contribution in [1.29, 1.82) is 0 Å². The van der Waals surface area contributed by atoms with Crippen LogP contribution in [-0.4, -0.2) is 47.4 Å². The summed E-state index contributed by atoms with van der Waals surface area (Å²) < 4.78 is 5.48. The molecule has 2 unspecified atom stereocenters. The van der Waals surface area contributed by atoms with E-state index in [0.29, 0.717) is 25.9 Å². The average Bonchev–Trinajstić information content (AvgIpc) is 3.28. The van der Waals surface area contributed by atoms with E-state index < -0.39 is 12.1 Å². The van der Waals surface area contributed by atoms with E-state index in [1.54, 1.807) is 0 Å². The number of hydrogen-bond donors (Lipinski definition) is 3. The standard InChI is InChI=1S/C57H113NO5/c1-3-5-7-9-11-13-15-17-19-23-27-31-35-39-43-47-51-57(62)63-52-48-44-40-36-32-28-24-21-20-22-26-30-34-38-42-46-50-56(61)58-54(53-59)55(60)49-45-41-37-33-29-25-18-16-14-12-10-8-6-4-2/h54-55,59-60H,3-53H2,1-2H3,(H,58,61).